The third kappa shape index (κ3) is 1.68. The fourth-order valence-corrected chi connectivity index (χ4v) is 2.08. The lowest BCUT2D eigenvalue weighted by Gasteiger charge is -2.03. The van der Waals surface area contributed by atoms with E-state index in [-0.39, 0.29) is 6.61 Å². The Morgan fingerprint density at radius 1 is 1.23 bits per heavy atom. The van der Waals surface area contributed by atoms with E-state index in [1.54, 1.807) is 6.07 Å². The highest BCUT2D eigenvalue weighted by Gasteiger charge is 2.20. The summed E-state index contributed by atoms with van der Waals surface area (Å²) in [6, 6.07) is 5.56. The Kier molecular flexibility index (Phi) is 2.23. The Labute approximate surface area is 77.8 Å². The van der Waals surface area contributed by atoms with Crippen LogP contribution in [-0.4, -0.2) is 16.8 Å². The van der Waals surface area contributed by atoms with Crippen LogP contribution in [0.15, 0.2) is 18.2 Å². The minimum Gasteiger partial charge on any atom is -0.508 e. The molecule has 0 bridgehead atoms. The Morgan fingerprint density at radius 3 is 2.77 bits per heavy atom. The smallest absolute Gasteiger partial charge is 0.115 e. The summed E-state index contributed by atoms with van der Waals surface area (Å²) in [5.41, 5.74) is 2.58. The maximum Gasteiger partial charge on any atom is 0.115 e. The summed E-state index contributed by atoms with van der Waals surface area (Å²) < 4.78 is 0. The molecule has 2 heteroatoms. The summed E-state index contributed by atoms with van der Waals surface area (Å²) in [6.45, 7) is 0.268. The number of aromatic hydroxyl groups is 1. The predicted octanol–water partition coefficient (Wildman–Crippen LogP) is 1.49. The highest BCUT2D eigenvalue weighted by atomic mass is 16.3. The molecule has 1 aromatic carbocycles. The number of rotatable bonds is 2. The SMILES string of the molecule is OCCC1Cc2ccc(O)cc2C1. The molecule has 0 aliphatic heterocycles. The third-order valence-corrected chi connectivity index (χ3v) is 2.74. The average molecular weight is 178 g/mol. The van der Waals surface area contributed by atoms with Gasteiger partial charge in [-0.1, -0.05) is 6.07 Å². The van der Waals surface area contributed by atoms with Gasteiger partial charge in [0.05, 0.1) is 0 Å². The van der Waals surface area contributed by atoms with Gasteiger partial charge in [-0.2, -0.15) is 0 Å². The molecule has 2 rings (SSSR count). The fraction of sp³-hybridized carbons (Fsp3) is 0.455. The van der Waals surface area contributed by atoms with Crippen molar-refractivity contribution in [1.29, 1.82) is 0 Å². The van der Waals surface area contributed by atoms with Crippen LogP contribution in [0.3, 0.4) is 0 Å². The Balaban J connectivity index is 2.16. The summed E-state index contributed by atoms with van der Waals surface area (Å²) >= 11 is 0. The summed E-state index contributed by atoms with van der Waals surface area (Å²) in [5.74, 6) is 0.921. The van der Waals surface area contributed by atoms with Gasteiger partial charge < -0.3 is 10.2 Å². The number of hydrogen-bond acceptors (Lipinski definition) is 2. The van der Waals surface area contributed by atoms with Crippen LogP contribution < -0.4 is 0 Å². The minimum absolute atomic E-state index is 0.268. The zero-order chi connectivity index (χ0) is 9.26. The van der Waals surface area contributed by atoms with Gasteiger partial charge in [-0.15, -0.1) is 0 Å². The van der Waals surface area contributed by atoms with Crippen molar-refractivity contribution in [3.63, 3.8) is 0 Å². The molecular weight excluding hydrogens is 164 g/mol. The van der Waals surface area contributed by atoms with Gasteiger partial charge in [-0.3, -0.25) is 0 Å². The number of phenolic OH excluding ortho intramolecular Hbond substituents is 1. The van der Waals surface area contributed by atoms with Crippen molar-refractivity contribution in [3.05, 3.63) is 29.3 Å². The molecule has 13 heavy (non-hydrogen) atoms. The molecule has 70 valence electrons. The van der Waals surface area contributed by atoms with Crippen LogP contribution >= 0.6 is 0 Å². The van der Waals surface area contributed by atoms with Crippen molar-refractivity contribution in [2.24, 2.45) is 5.92 Å². The van der Waals surface area contributed by atoms with Crippen molar-refractivity contribution >= 4 is 0 Å². The Morgan fingerprint density at radius 2 is 2.00 bits per heavy atom. The molecule has 2 nitrogen and oxygen atoms in total. The van der Waals surface area contributed by atoms with Gasteiger partial charge in [-0.05, 0) is 48.4 Å². The Bertz CT molecular complexity index is 307. The average Bonchev–Trinajstić information content (AvgIpc) is 2.46. The summed E-state index contributed by atoms with van der Waals surface area (Å²) in [6.07, 6.45) is 2.93. The predicted molar refractivity (Wildman–Crippen MR) is 50.7 cm³/mol. The molecule has 0 heterocycles. The molecule has 0 aromatic heterocycles. The van der Waals surface area contributed by atoms with Crippen LogP contribution in [0.5, 0.6) is 5.75 Å². The number of phenols is 1. The molecule has 1 atom stereocenters. The molecule has 1 aliphatic rings. The molecule has 0 fully saturated rings. The van der Waals surface area contributed by atoms with E-state index in [0.29, 0.717) is 11.7 Å². The molecule has 1 aromatic rings. The second kappa shape index (κ2) is 3.38. The van der Waals surface area contributed by atoms with Crippen molar-refractivity contribution in [2.45, 2.75) is 19.3 Å². The van der Waals surface area contributed by atoms with Crippen LogP contribution in [0.1, 0.15) is 17.5 Å². The lowest BCUT2D eigenvalue weighted by molar-refractivity contribution is 0.259. The minimum atomic E-state index is 0.268. The zero-order valence-electron chi connectivity index (χ0n) is 7.53. The van der Waals surface area contributed by atoms with E-state index in [1.807, 2.05) is 12.1 Å². The van der Waals surface area contributed by atoms with Gasteiger partial charge in [0, 0.05) is 6.61 Å². The van der Waals surface area contributed by atoms with E-state index in [2.05, 4.69) is 0 Å². The van der Waals surface area contributed by atoms with Gasteiger partial charge in [-0.25, -0.2) is 0 Å². The second-order valence-corrected chi connectivity index (χ2v) is 3.74. The van der Waals surface area contributed by atoms with E-state index >= 15 is 0 Å². The van der Waals surface area contributed by atoms with E-state index in [9.17, 15) is 5.11 Å². The van der Waals surface area contributed by atoms with E-state index < -0.39 is 0 Å². The quantitative estimate of drug-likeness (QED) is 0.720. The molecule has 1 unspecified atom stereocenters. The van der Waals surface area contributed by atoms with Crippen LogP contribution in [0.2, 0.25) is 0 Å². The normalized spacial score (nSPS) is 20.2. The molecule has 1 aliphatic carbocycles. The first kappa shape index (κ1) is 8.57. The maximum atomic E-state index is 9.26. The van der Waals surface area contributed by atoms with Gasteiger partial charge in [0.15, 0.2) is 0 Å². The van der Waals surface area contributed by atoms with Crippen molar-refractivity contribution in [1.82, 2.24) is 0 Å². The fourth-order valence-electron chi connectivity index (χ4n) is 2.08. The number of benzene rings is 1. The van der Waals surface area contributed by atoms with E-state index in [0.717, 1.165) is 19.3 Å². The molecule has 2 N–H and O–H groups in total. The molecule has 0 spiro atoms. The van der Waals surface area contributed by atoms with Gasteiger partial charge in [0.2, 0.25) is 0 Å². The molecule has 0 amide bonds. The van der Waals surface area contributed by atoms with Gasteiger partial charge in [0.1, 0.15) is 5.75 Å². The summed E-state index contributed by atoms with van der Waals surface area (Å²) in [7, 11) is 0. The monoisotopic (exact) mass is 178 g/mol. The standard InChI is InChI=1S/C11H14O2/c12-4-3-8-5-9-1-2-11(13)7-10(9)6-8/h1-2,7-8,12-13H,3-6H2. The highest BCUT2D eigenvalue weighted by molar-refractivity contribution is 5.38. The topological polar surface area (TPSA) is 40.5 Å². The van der Waals surface area contributed by atoms with Crippen molar-refractivity contribution in [3.8, 4) is 5.75 Å². The first-order valence-corrected chi connectivity index (χ1v) is 4.71. The number of aliphatic hydroxyl groups is 1. The Hall–Kier alpha value is -1.02. The molecule has 0 saturated carbocycles. The van der Waals surface area contributed by atoms with Crippen molar-refractivity contribution in [2.75, 3.05) is 6.61 Å². The van der Waals surface area contributed by atoms with Crippen LogP contribution in [-0.2, 0) is 12.8 Å². The number of hydrogen-bond donors (Lipinski definition) is 2. The summed E-state index contributed by atoms with van der Waals surface area (Å²) in [4.78, 5) is 0. The molecule has 0 radical (unpaired) electrons. The molecular formula is C11H14O2. The van der Waals surface area contributed by atoms with Crippen LogP contribution in [0.4, 0.5) is 0 Å². The third-order valence-electron chi connectivity index (χ3n) is 2.74. The van der Waals surface area contributed by atoms with E-state index in [4.69, 9.17) is 5.11 Å². The van der Waals surface area contributed by atoms with Gasteiger partial charge >= 0.3 is 0 Å². The first-order chi connectivity index (χ1) is 6.29. The molecule has 0 saturated heterocycles. The van der Waals surface area contributed by atoms with Crippen molar-refractivity contribution < 1.29 is 10.2 Å². The van der Waals surface area contributed by atoms with E-state index in [1.165, 1.54) is 11.1 Å². The lowest BCUT2D eigenvalue weighted by atomic mass is 10.0. The second-order valence-electron chi connectivity index (χ2n) is 3.74. The largest absolute Gasteiger partial charge is 0.508 e. The van der Waals surface area contributed by atoms with Crippen LogP contribution in [0, 0.1) is 5.92 Å². The summed E-state index contributed by atoms with van der Waals surface area (Å²) in [5, 5.41) is 18.1. The van der Waals surface area contributed by atoms with Crippen LogP contribution in [0.25, 0.3) is 0 Å². The first-order valence-electron chi connectivity index (χ1n) is 4.71. The number of fused-ring (bicyclic) bond motifs is 1. The van der Waals surface area contributed by atoms with Gasteiger partial charge in [0.25, 0.3) is 0 Å². The zero-order valence-corrected chi connectivity index (χ0v) is 7.53. The lowest BCUT2D eigenvalue weighted by Crippen LogP contribution is -2.01. The highest BCUT2D eigenvalue weighted by Crippen LogP contribution is 2.30. The maximum absolute atomic E-state index is 9.26. The number of aliphatic hydroxyl groups excluding tert-OH is 1.